The fraction of sp³-hybridized carbons (Fsp3) is 1.00. The largest absolute Gasteiger partial charge is 0.396 e. The Kier molecular flexibility index (Phi) is 6.83. The second kappa shape index (κ2) is 6.88. The summed E-state index contributed by atoms with van der Waals surface area (Å²) in [5.74, 6) is 0. The first-order valence-corrected chi connectivity index (χ1v) is 6.74. The standard InChI is InChI=1S/C15H32O3/c1-13(2,3)9-17-11-15(6,7)12-18-10-14(4,5)8-16/h16H,8-12H2,1-7H3. The van der Waals surface area contributed by atoms with Crippen LogP contribution < -0.4 is 0 Å². The average Bonchev–Trinajstić information content (AvgIpc) is 2.14. The van der Waals surface area contributed by atoms with Crippen molar-refractivity contribution < 1.29 is 14.6 Å². The normalized spacial score (nSPS) is 14.0. The highest BCUT2D eigenvalue weighted by Gasteiger charge is 2.23. The van der Waals surface area contributed by atoms with Crippen LogP contribution in [-0.4, -0.2) is 38.1 Å². The second-order valence-electron chi connectivity index (χ2n) is 8.03. The van der Waals surface area contributed by atoms with Crippen LogP contribution in [0.4, 0.5) is 0 Å². The molecular formula is C15H32O3. The van der Waals surface area contributed by atoms with Gasteiger partial charge in [-0.15, -0.1) is 0 Å². The van der Waals surface area contributed by atoms with E-state index in [1.165, 1.54) is 0 Å². The average molecular weight is 260 g/mol. The summed E-state index contributed by atoms with van der Waals surface area (Å²) >= 11 is 0. The Bertz CT molecular complexity index is 226. The van der Waals surface area contributed by atoms with E-state index in [-0.39, 0.29) is 22.9 Å². The van der Waals surface area contributed by atoms with Gasteiger partial charge in [-0.25, -0.2) is 0 Å². The minimum Gasteiger partial charge on any atom is -0.396 e. The highest BCUT2D eigenvalue weighted by molar-refractivity contribution is 4.71. The third kappa shape index (κ3) is 9.86. The third-order valence-corrected chi connectivity index (χ3v) is 2.44. The quantitative estimate of drug-likeness (QED) is 0.729. The molecule has 0 aromatic carbocycles. The Morgan fingerprint density at radius 1 is 0.667 bits per heavy atom. The Hall–Kier alpha value is -0.120. The molecule has 0 bridgehead atoms. The van der Waals surface area contributed by atoms with Gasteiger partial charge < -0.3 is 14.6 Å². The summed E-state index contributed by atoms with van der Waals surface area (Å²) < 4.78 is 11.4. The van der Waals surface area contributed by atoms with Crippen LogP contribution in [0, 0.1) is 16.2 Å². The summed E-state index contributed by atoms with van der Waals surface area (Å²) in [5, 5.41) is 9.15. The fourth-order valence-electron chi connectivity index (χ4n) is 1.32. The van der Waals surface area contributed by atoms with E-state index in [1.54, 1.807) is 0 Å². The molecule has 0 unspecified atom stereocenters. The molecular weight excluding hydrogens is 228 g/mol. The van der Waals surface area contributed by atoms with Gasteiger partial charge >= 0.3 is 0 Å². The van der Waals surface area contributed by atoms with Gasteiger partial charge in [-0.3, -0.25) is 0 Å². The summed E-state index contributed by atoms with van der Waals surface area (Å²) in [7, 11) is 0. The molecule has 0 radical (unpaired) electrons. The summed E-state index contributed by atoms with van der Waals surface area (Å²) in [4.78, 5) is 0. The van der Waals surface area contributed by atoms with Gasteiger partial charge in [0.05, 0.1) is 33.0 Å². The van der Waals surface area contributed by atoms with Gasteiger partial charge in [-0.2, -0.15) is 0 Å². The van der Waals surface area contributed by atoms with Crippen LogP contribution in [-0.2, 0) is 9.47 Å². The number of rotatable bonds is 8. The van der Waals surface area contributed by atoms with E-state index < -0.39 is 0 Å². The predicted octanol–water partition coefficient (Wildman–Crippen LogP) is 3.11. The first-order valence-electron chi connectivity index (χ1n) is 6.74. The lowest BCUT2D eigenvalue weighted by Crippen LogP contribution is -2.31. The molecule has 0 aliphatic carbocycles. The van der Waals surface area contributed by atoms with E-state index in [2.05, 4.69) is 34.6 Å². The lowest BCUT2D eigenvalue weighted by Gasteiger charge is -2.29. The first kappa shape index (κ1) is 17.9. The van der Waals surface area contributed by atoms with Gasteiger partial charge in [0.15, 0.2) is 0 Å². The van der Waals surface area contributed by atoms with Gasteiger partial charge in [0.1, 0.15) is 0 Å². The minimum absolute atomic E-state index is 0.0107. The van der Waals surface area contributed by atoms with Crippen LogP contribution in [0.5, 0.6) is 0 Å². The highest BCUT2D eigenvalue weighted by Crippen LogP contribution is 2.21. The van der Waals surface area contributed by atoms with Gasteiger partial charge in [0, 0.05) is 10.8 Å². The molecule has 0 saturated carbocycles. The summed E-state index contributed by atoms with van der Waals surface area (Å²) in [6, 6.07) is 0. The summed E-state index contributed by atoms with van der Waals surface area (Å²) in [6.45, 7) is 17.6. The number of aliphatic hydroxyl groups is 1. The molecule has 0 heterocycles. The zero-order valence-corrected chi connectivity index (χ0v) is 13.3. The third-order valence-electron chi connectivity index (χ3n) is 2.44. The predicted molar refractivity (Wildman–Crippen MR) is 75.7 cm³/mol. The fourth-order valence-corrected chi connectivity index (χ4v) is 1.32. The van der Waals surface area contributed by atoms with E-state index >= 15 is 0 Å². The van der Waals surface area contributed by atoms with Crippen molar-refractivity contribution in [2.45, 2.75) is 48.5 Å². The smallest absolute Gasteiger partial charge is 0.0539 e. The molecule has 0 spiro atoms. The van der Waals surface area contributed by atoms with Crippen LogP contribution in [0.25, 0.3) is 0 Å². The molecule has 3 nitrogen and oxygen atoms in total. The van der Waals surface area contributed by atoms with Crippen LogP contribution in [0.3, 0.4) is 0 Å². The molecule has 0 rings (SSSR count). The monoisotopic (exact) mass is 260 g/mol. The van der Waals surface area contributed by atoms with Crippen molar-refractivity contribution in [1.29, 1.82) is 0 Å². The molecule has 18 heavy (non-hydrogen) atoms. The molecule has 0 fully saturated rings. The van der Waals surface area contributed by atoms with E-state index in [0.29, 0.717) is 19.8 Å². The molecule has 0 amide bonds. The molecule has 110 valence electrons. The topological polar surface area (TPSA) is 38.7 Å². The zero-order valence-electron chi connectivity index (χ0n) is 13.3. The SMILES string of the molecule is CC(C)(C)COCC(C)(C)COCC(C)(C)CO. The lowest BCUT2D eigenvalue weighted by molar-refractivity contribution is -0.0452. The molecule has 0 aromatic heterocycles. The lowest BCUT2D eigenvalue weighted by atomic mass is 9.94. The van der Waals surface area contributed by atoms with Crippen LogP contribution in [0.1, 0.15) is 48.5 Å². The van der Waals surface area contributed by atoms with Crippen molar-refractivity contribution in [3.8, 4) is 0 Å². The van der Waals surface area contributed by atoms with E-state index in [4.69, 9.17) is 14.6 Å². The second-order valence-corrected chi connectivity index (χ2v) is 8.03. The highest BCUT2D eigenvalue weighted by atomic mass is 16.5. The summed E-state index contributed by atoms with van der Waals surface area (Å²) in [6.07, 6.45) is 0. The Balaban J connectivity index is 3.87. The maximum Gasteiger partial charge on any atom is 0.0539 e. The number of hydrogen-bond donors (Lipinski definition) is 1. The van der Waals surface area contributed by atoms with Crippen molar-refractivity contribution in [2.75, 3.05) is 33.0 Å². The number of aliphatic hydroxyl groups excluding tert-OH is 1. The molecule has 1 N–H and O–H groups in total. The van der Waals surface area contributed by atoms with Gasteiger partial charge in [0.2, 0.25) is 0 Å². The number of ether oxygens (including phenoxy) is 2. The van der Waals surface area contributed by atoms with Crippen molar-refractivity contribution in [2.24, 2.45) is 16.2 Å². The van der Waals surface area contributed by atoms with E-state index in [0.717, 1.165) is 6.61 Å². The van der Waals surface area contributed by atoms with Gasteiger partial charge in [-0.1, -0.05) is 48.5 Å². The van der Waals surface area contributed by atoms with Crippen LogP contribution >= 0.6 is 0 Å². The first-order chi connectivity index (χ1) is 7.97. The summed E-state index contributed by atoms with van der Waals surface area (Å²) in [5.41, 5.74) is 0.0505. The van der Waals surface area contributed by atoms with Crippen molar-refractivity contribution in [3.63, 3.8) is 0 Å². The molecule has 0 aromatic rings. The zero-order chi connectivity index (χ0) is 14.4. The Labute approximate surface area is 113 Å². The van der Waals surface area contributed by atoms with Crippen molar-refractivity contribution >= 4 is 0 Å². The van der Waals surface area contributed by atoms with Crippen molar-refractivity contribution in [1.82, 2.24) is 0 Å². The molecule has 0 aliphatic rings. The number of hydrogen-bond acceptors (Lipinski definition) is 3. The Morgan fingerprint density at radius 3 is 1.44 bits per heavy atom. The maximum atomic E-state index is 9.15. The van der Waals surface area contributed by atoms with E-state index in [1.807, 2.05) is 13.8 Å². The molecule has 0 atom stereocenters. The van der Waals surface area contributed by atoms with Gasteiger partial charge in [0.25, 0.3) is 0 Å². The molecule has 0 aliphatic heterocycles. The maximum absolute atomic E-state index is 9.15. The Morgan fingerprint density at radius 2 is 1.06 bits per heavy atom. The molecule has 0 saturated heterocycles. The van der Waals surface area contributed by atoms with Crippen LogP contribution in [0.15, 0.2) is 0 Å². The van der Waals surface area contributed by atoms with Crippen LogP contribution in [0.2, 0.25) is 0 Å². The van der Waals surface area contributed by atoms with E-state index in [9.17, 15) is 0 Å². The minimum atomic E-state index is -0.164. The van der Waals surface area contributed by atoms with Crippen molar-refractivity contribution in [3.05, 3.63) is 0 Å². The molecule has 3 heteroatoms. The van der Waals surface area contributed by atoms with Gasteiger partial charge in [-0.05, 0) is 5.41 Å².